The lowest BCUT2D eigenvalue weighted by molar-refractivity contribution is 0.481. The van der Waals surface area contributed by atoms with E-state index in [1.165, 1.54) is 0 Å². The number of nitrogens with zero attached hydrogens (tertiary/aromatic N) is 4. The zero-order valence-corrected chi connectivity index (χ0v) is 18.3. The van der Waals surface area contributed by atoms with Crippen LogP contribution in [0.3, 0.4) is 0 Å². The molecule has 0 saturated carbocycles. The molecule has 31 heavy (non-hydrogen) atoms. The third kappa shape index (κ3) is 3.71. The number of aromatic nitrogens is 4. The predicted octanol–water partition coefficient (Wildman–Crippen LogP) is 4.16. The molecule has 0 atom stereocenters. The second kappa shape index (κ2) is 7.70. The number of nitrogens with one attached hydrogen (secondary N) is 1. The zero-order valence-electron chi connectivity index (χ0n) is 16.7. The molecule has 158 valence electrons. The van der Waals surface area contributed by atoms with Crippen molar-refractivity contribution in [2.45, 2.75) is 36.0 Å². The van der Waals surface area contributed by atoms with Gasteiger partial charge in [-0.25, -0.2) is 4.98 Å². The van der Waals surface area contributed by atoms with E-state index in [4.69, 9.17) is 9.54 Å². The van der Waals surface area contributed by atoms with Gasteiger partial charge in [0.05, 0.1) is 27.7 Å². The van der Waals surface area contributed by atoms with Gasteiger partial charge in [-0.05, 0) is 30.9 Å². The van der Waals surface area contributed by atoms with Crippen LogP contribution in [0, 0.1) is 0 Å². The Balaban J connectivity index is 1.64. The molecule has 0 spiro atoms. The average Bonchev–Trinajstić information content (AvgIpc) is 2.77. The molecule has 0 bridgehead atoms. The van der Waals surface area contributed by atoms with Crippen molar-refractivity contribution in [3.8, 4) is 0 Å². The molecule has 0 fully saturated rings. The van der Waals surface area contributed by atoms with Gasteiger partial charge in [0.2, 0.25) is 0 Å². The maximum absolute atomic E-state index is 11.1. The minimum absolute atomic E-state index is 0.264. The minimum Gasteiger partial charge on any atom is -0.352 e. The molecule has 1 aliphatic rings. The first-order chi connectivity index (χ1) is 14.9. The molecule has 0 amide bonds. The Hall–Kier alpha value is -2.82. The van der Waals surface area contributed by atoms with Crippen LogP contribution in [0.1, 0.15) is 24.6 Å². The van der Waals surface area contributed by atoms with Crippen LogP contribution in [0.5, 0.6) is 0 Å². The summed E-state index contributed by atoms with van der Waals surface area (Å²) in [5.74, 6) is -0.264. The average molecular weight is 454 g/mol. The molecule has 2 aromatic heterocycles. The van der Waals surface area contributed by atoms with Gasteiger partial charge in [-0.15, -0.1) is 0 Å². The number of fused-ring (bicyclic) bond motifs is 7. The highest BCUT2D eigenvalue weighted by atomic mass is 32.2. The maximum Gasteiger partial charge on any atom is 0.264 e. The van der Waals surface area contributed by atoms with E-state index in [2.05, 4.69) is 20.3 Å². The second-order valence-electron chi connectivity index (χ2n) is 7.28. The molecule has 0 aliphatic carbocycles. The van der Waals surface area contributed by atoms with E-state index in [-0.39, 0.29) is 5.75 Å². The van der Waals surface area contributed by atoms with Crippen molar-refractivity contribution in [3.63, 3.8) is 0 Å². The van der Waals surface area contributed by atoms with E-state index in [0.29, 0.717) is 18.4 Å². The quantitative estimate of drug-likeness (QED) is 0.299. The van der Waals surface area contributed by atoms with E-state index in [1.807, 2.05) is 25.1 Å². The van der Waals surface area contributed by atoms with Crippen molar-refractivity contribution in [1.82, 2.24) is 19.9 Å². The van der Waals surface area contributed by atoms with E-state index in [1.54, 1.807) is 30.4 Å². The number of aryl methyl sites for hydroxylation is 2. The van der Waals surface area contributed by atoms with Crippen LogP contribution in [-0.2, 0) is 23.0 Å². The molecule has 4 aromatic rings. The monoisotopic (exact) mass is 453 g/mol. The Bertz CT molecular complexity index is 1440. The molecular formula is C21H19N5O3S2. The summed E-state index contributed by atoms with van der Waals surface area (Å²) in [6.07, 6.45) is 6.76. The van der Waals surface area contributed by atoms with Gasteiger partial charge in [-0.2, -0.15) is 8.42 Å². The van der Waals surface area contributed by atoms with Gasteiger partial charge in [0, 0.05) is 23.5 Å². The van der Waals surface area contributed by atoms with Crippen molar-refractivity contribution < 1.29 is 13.0 Å². The normalized spacial score (nSPS) is 13.1. The van der Waals surface area contributed by atoms with Crippen molar-refractivity contribution in [1.29, 1.82) is 0 Å². The third-order valence-electron chi connectivity index (χ3n) is 5.19. The van der Waals surface area contributed by atoms with Gasteiger partial charge >= 0.3 is 0 Å². The molecular weight excluding hydrogens is 434 g/mol. The molecule has 0 saturated heterocycles. The molecule has 1 aliphatic heterocycles. The summed E-state index contributed by atoms with van der Waals surface area (Å²) in [6, 6.07) is 5.90. The Labute approximate surface area is 183 Å². The predicted molar refractivity (Wildman–Crippen MR) is 121 cm³/mol. The number of rotatable bonds is 5. The summed E-state index contributed by atoms with van der Waals surface area (Å²) in [7, 11) is -3.98. The molecule has 3 heterocycles. The Kier molecular flexibility index (Phi) is 4.99. The van der Waals surface area contributed by atoms with Gasteiger partial charge in [-0.1, -0.05) is 30.8 Å². The summed E-state index contributed by atoms with van der Waals surface area (Å²) in [6.45, 7) is 2.04. The summed E-state index contributed by atoms with van der Waals surface area (Å²) in [4.78, 5) is 20.5. The number of hydrogen-bond donors (Lipinski definition) is 2. The third-order valence-corrected chi connectivity index (χ3v) is 7.29. The van der Waals surface area contributed by atoms with Gasteiger partial charge < -0.3 is 5.32 Å². The summed E-state index contributed by atoms with van der Waals surface area (Å²) in [5.41, 5.74) is 6.61. The second-order valence-corrected chi connectivity index (χ2v) is 9.87. The minimum atomic E-state index is -3.98. The van der Waals surface area contributed by atoms with E-state index in [0.717, 1.165) is 55.4 Å². The van der Waals surface area contributed by atoms with Crippen LogP contribution in [0.4, 0.5) is 11.4 Å². The van der Waals surface area contributed by atoms with Gasteiger partial charge in [0.25, 0.3) is 10.1 Å². The lowest BCUT2D eigenvalue weighted by Gasteiger charge is -2.25. The van der Waals surface area contributed by atoms with Crippen LogP contribution in [0.25, 0.3) is 22.1 Å². The zero-order chi connectivity index (χ0) is 21.6. The van der Waals surface area contributed by atoms with Crippen molar-refractivity contribution in [2.24, 2.45) is 0 Å². The fourth-order valence-electron chi connectivity index (χ4n) is 3.75. The Morgan fingerprint density at radius 1 is 1.03 bits per heavy atom. The van der Waals surface area contributed by atoms with E-state index < -0.39 is 10.1 Å². The molecule has 5 rings (SSSR count). The van der Waals surface area contributed by atoms with Gasteiger partial charge in [0.1, 0.15) is 22.1 Å². The van der Waals surface area contributed by atoms with Crippen LogP contribution < -0.4 is 5.32 Å². The molecule has 2 aromatic carbocycles. The first kappa shape index (κ1) is 20.1. The summed E-state index contributed by atoms with van der Waals surface area (Å²) in [5, 5.41) is 3.50. The highest BCUT2D eigenvalue weighted by Crippen LogP contribution is 2.50. The smallest absolute Gasteiger partial charge is 0.264 e. The van der Waals surface area contributed by atoms with Gasteiger partial charge in [-0.3, -0.25) is 19.5 Å². The lowest BCUT2D eigenvalue weighted by Crippen LogP contribution is -2.08. The number of benzene rings is 2. The highest BCUT2D eigenvalue weighted by molar-refractivity contribution is 8.00. The van der Waals surface area contributed by atoms with Crippen LogP contribution in [0.2, 0.25) is 0 Å². The standard InChI is InChI=1S/C21H19N5O3S2/c1-2-13-11-24-16-17(25-13)15-18(23-9-8-22-15)21-19(16)26-14-7-3-5-12(20(14)30-21)6-4-10-31(27,28)29/h3,5,7-9,11,26H,2,4,6,10H2,1H3,(H,27,28,29). The molecule has 0 unspecified atom stereocenters. The van der Waals surface area contributed by atoms with E-state index >= 15 is 0 Å². The van der Waals surface area contributed by atoms with Gasteiger partial charge in [0.15, 0.2) is 0 Å². The summed E-state index contributed by atoms with van der Waals surface area (Å²) >= 11 is 1.58. The number of anilines is 2. The topological polar surface area (TPSA) is 118 Å². The Morgan fingerprint density at radius 2 is 1.84 bits per heavy atom. The SMILES string of the molecule is CCc1cnc2c3c(c4nccnc4c2n1)Sc1c(CCCS(=O)(=O)O)cccc1N3. The maximum atomic E-state index is 11.1. The van der Waals surface area contributed by atoms with Crippen LogP contribution in [-0.4, -0.2) is 38.7 Å². The van der Waals surface area contributed by atoms with Crippen LogP contribution >= 0.6 is 11.8 Å². The molecule has 8 nitrogen and oxygen atoms in total. The Morgan fingerprint density at radius 3 is 2.61 bits per heavy atom. The van der Waals surface area contributed by atoms with Crippen molar-refractivity contribution in [2.75, 3.05) is 11.1 Å². The largest absolute Gasteiger partial charge is 0.352 e. The number of hydrogen-bond acceptors (Lipinski definition) is 8. The van der Waals surface area contributed by atoms with E-state index in [9.17, 15) is 8.42 Å². The lowest BCUT2D eigenvalue weighted by atomic mass is 10.1. The fourth-order valence-corrected chi connectivity index (χ4v) is 5.48. The van der Waals surface area contributed by atoms with Crippen LogP contribution in [0.15, 0.2) is 46.6 Å². The first-order valence-electron chi connectivity index (χ1n) is 9.89. The highest BCUT2D eigenvalue weighted by Gasteiger charge is 2.26. The molecule has 0 radical (unpaired) electrons. The molecule has 2 N–H and O–H groups in total. The molecule has 10 heteroatoms. The first-order valence-corrected chi connectivity index (χ1v) is 12.3. The fraction of sp³-hybridized carbons (Fsp3) is 0.238. The van der Waals surface area contributed by atoms with Crippen molar-refractivity contribution in [3.05, 3.63) is 48.0 Å². The summed E-state index contributed by atoms with van der Waals surface area (Å²) < 4.78 is 31.2. The van der Waals surface area contributed by atoms with Crippen molar-refractivity contribution >= 4 is 55.3 Å².